The Balaban J connectivity index is 1.92. The van der Waals surface area contributed by atoms with Gasteiger partial charge in [-0.1, -0.05) is 19.1 Å². The average molecular weight is 272 g/mol. The number of ether oxygens (including phenoxy) is 1. The molecule has 1 aromatic carbocycles. The second-order valence-electron chi connectivity index (χ2n) is 4.42. The van der Waals surface area contributed by atoms with Crippen molar-refractivity contribution < 1.29 is 4.74 Å². The van der Waals surface area contributed by atoms with Crippen molar-refractivity contribution >= 4 is 11.6 Å². The molecular weight excluding hydrogens is 252 g/mol. The first kappa shape index (κ1) is 14.1. The molecule has 2 aromatic rings. The van der Waals surface area contributed by atoms with E-state index < -0.39 is 0 Å². The van der Waals surface area contributed by atoms with Crippen LogP contribution in [0.3, 0.4) is 0 Å². The maximum Gasteiger partial charge on any atom is 0.131 e. The second kappa shape index (κ2) is 7.33. The Kier molecular flexibility index (Phi) is 5.17. The van der Waals surface area contributed by atoms with Crippen molar-refractivity contribution in [2.45, 2.75) is 19.9 Å². The summed E-state index contributed by atoms with van der Waals surface area (Å²) in [6, 6.07) is 9.88. The molecule has 0 amide bonds. The molecule has 0 unspecified atom stereocenters. The molecule has 0 saturated heterocycles. The molecule has 1 heterocycles. The molecule has 0 bridgehead atoms. The van der Waals surface area contributed by atoms with Crippen molar-refractivity contribution in [1.29, 1.82) is 0 Å². The van der Waals surface area contributed by atoms with Crippen molar-refractivity contribution in [3.05, 3.63) is 42.2 Å². The zero-order valence-electron chi connectivity index (χ0n) is 11.9. The first-order valence-corrected chi connectivity index (χ1v) is 6.74. The monoisotopic (exact) mass is 272 g/mol. The third-order valence-corrected chi connectivity index (χ3v) is 2.86. The van der Waals surface area contributed by atoms with E-state index >= 15 is 0 Å². The zero-order valence-corrected chi connectivity index (χ0v) is 11.9. The number of anilines is 2. The van der Waals surface area contributed by atoms with Gasteiger partial charge < -0.3 is 15.4 Å². The van der Waals surface area contributed by atoms with Gasteiger partial charge in [-0.15, -0.1) is 0 Å². The number of hydrogen-bond donors (Lipinski definition) is 2. The molecule has 0 aliphatic heterocycles. The number of aromatic nitrogens is 2. The van der Waals surface area contributed by atoms with E-state index in [1.54, 1.807) is 13.4 Å². The predicted molar refractivity (Wildman–Crippen MR) is 81.1 cm³/mol. The van der Waals surface area contributed by atoms with Gasteiger partial charge in [0.15, 0.2) is 0 Å². The van der Waals surface area contributed by atoms with Crippen LogP contribution in [0, 0.1) is 0 Å². The van der Waals surface area contributed by atoms with Crippen LogP contribution in [0.1, 0.15) is 18.9 Å². The van der Waals surface area contributed by atoms with Crippen LogP contribution >= 0.6 is 0 Å². The highest BCUT2D eigenvalue weighted by molar-refractivity contribution is 5.46. The van der Waals surface area contributed by atoms with Crippen LogP contribution in [0.25, 0.3) is 0 Å². The van der Waals surface area contributed by atoms with Gasteiger partial charge in [-0.3, -0.25) is 0 Å². The van der Waals surface area contributed by atoms with Crippen LogP contribution in [0.2, 0.25) is 0 Å². The number of benzene rings is 1. The molecule has 0 fully saturated rings. The summed E-state index contributed by atoms with van der Waals surface area (Å²) in [7, 11) is 1.67. The standard InChI is InChI=1S/C15H20N4O/c1-3-8-16-14-9-15(19-11-18-14)17-10-12-4-6-13(20-2)7-5-12/h4-7,9,11H,3,8,10H2,1-2H3,(H2,16,17,18,19). The summed E-state index contributed by atoms with van der Waals surface area (Å²) in [6.45, 7) is 3.75. The van der Waals surface area contributed by atoms with E-state index in [0.29, 0.717) is 6.54 Å². The minimum atomic E-state index is 0.716. The van der Waals surface area contributed by atoms with Crippen molar-refractivity contribution in [2.75, 3.05) is 24.3 Å². The van der Waals surface area contributed by atoms with E-state index in [-0.39, 0.29) is 0 Å². The smallest absolute Gasteiger partial charge is 0.131 e. The largest absolute Gasteiger partial charge is 0.497 e. The molecule has 5 heteroatoms. The van der Waals surface area contributed by atoms with Crippen LogP contribution < -0.4 is 15.4 Å². The fourth-order valence-corrected chi connectivity index (χ4v) is 1.74. The molecule has 0 spiro atoms. The Morgan fingerprint density at radius 3 is 2.40 bits per heavy atom. The molecule has 106 valence electrons. The summed E-state index contributed by atoms with van der Waals surface area (Å²) in [5, 5.41) is 6.52. The van der Waals surface area contributed by atoms with Gasteiger partial charge in [-0.2, -0.15) is 0 Å². The highest BCUT2D eigenvalue weighted by Crippen LogP contribution is 2.13. The van der Waals surface area contributed by atoms with Gasteiger partial charge in [-0.05, 0) is 24.1 Å². The van der Waals surface area contributed by atoms with E-state index in [9.17, 15) is 0 Å². The van der Waals surface area contributed by atoms with Crippen molar-refractivity contribution in [2.24, 2.45) is 0 Å². The van der Waals surface area contributed by atoms with Crippen LogP contribution in [0.15, 0.2) is 36.7 Å². The molecule has 0 aliphatic rings. The molecule has 1 aromatic heterocycles. The molecule has 0 saturated carbocycles. The first-order chi connectivity index (χ1) is 9.81. The molecule has 0 atom stereocenters. The Labute approximate surface area is 119 Å². The second-order valence-corrected chi connectivity index (χ2v) is 4.42. The van der Waals surface area contributed by atoms with E-state index in [2.05, 4.69) is 27.5 Å². The summed E-state index contributed by atoms with van der Waals surface area (Å²) in [6.07, 6.45) is 2.63. The SMILES string of the molecule is CCCNc1cc(NCc2ccc(OC)cc2)ncn1. The number of methoxy groups -OCH3 is 1. The third kappa shape index (κ3) is 4.12. The lowest BCUT2D eigenvalue weighted by Gasteiger charge is -2.08. The Hall–Kier alpha value is -2.30. The summed E-state index contributed by atoms with van der Waals surface area (Å²) >= 11 is 0. The van der Waals surface area contributed by atoms with Crippen molar-refractivity contribution in [3.8, 4) is 5.75 Å². The molecule has 0 radical (unpaired) electrons. The summed E-state index contributed by atoms with van der Waals surface area (Å²) in [5.74, 6) is 2.52. The Morgan fingerprint density at radius 1 is 1.05 bits per heavy atom. The molecule has 5 nitrogen and oxygen atoms in total. The maximum atomic E-state index is 5.14. The lowest BCUT2D eigenvalue weighted by Crippen LogP contribution is -2.05. The van der Waals surface area contributed by atoms with Gasteiger partial charge in [0.1, 0.15) is 23.7 Å². The molecule has 2 N–H and O–H groups in total. The lowest BCUT2D eigenvalue weighted by molar-refractivity contribution is 0.414. The van der Waals surface area contributed by atoms with Gasteiger partial charge in [-0.25, -0.2) is 9.97 Å². The Morgan fingerprint density at radius 2 is 1.75 bits per heavy atom. The molecular formula is C15H20N4O. The fourth-order valence-electron chi connectivity index (χ4n) is 1.74. The van der Waals surface area contributed by atoms with E-state index in [1.807, 2.05) is 30.3 Å². The van der Waals surface area contributed by atoms with E-state index in [1.165, 1.54) is 5.56 Å². The summed E-state index contributed by atoms with van der Waals surface area (Å²) in [4.78, 5) is 8.39. The number of rotatable bonds is 7. The number of hydrogen-bond acceptors (Lipinski definition) is 5. The normalized spacial score (nSPS) is 10.1. The highest BCUT2D eigenvalue weighted by Gasteiger charge is 1.99. The predicted octanol–water partition coefficient (Wildman–Crippen LogP) is 2.92. The van der Waals surface area contributed by atoms with E-state index in [0.717, 1.165) is 30.4 Å². The highest BCUT2D eigenvalue weighted by atomic mass is 16.5. The van der Waals surface area contributed by atoms with Gasteiger partial charge in [0.05, 0.1) is 7.11 Å². The van der Waals surface area contributed by atoms with E-state index in [4.69, 9.17) is 4.74 Å². The third-order valence-electron chi connectivity index (χ3n) is 2.86. The summed E-state index contributed by atoms with van der Waals surface area (Å²) < 4.78 is 5.14. The van der Waals surface area contributed by atoms with Crippen LogP contribution in [0.5, 0.6) is 5.75 Å². The Bertz CT molecular complexity index is 528. The molecule has 20 heavy (non-hydrogen) atoms. The van der Waals surface area contributed by atoms with Crippen molar-refractivity contribution in [1.82, 2.24) is 9.97 Å². The number of nitrogens with zero attached hydrogens (tertiary/aromatic N) is 2. The lowest BCUT2D eigenvalue weighted by atomic mass is 10.2. The molecule has 2 rings (SSSR count). The fraction of sp³-hybridized carbons (Fsp3) is 0.333. The quantitative estimate of drug-likeness (QED) is 0.811. The van der Waals surface area contributed by atoms with Crippen LogP contribution in [-0.2, 0) is 6.54 Å². The topological polar surface area (TPSA) is 59.1 Å². The van der Waals surface area contributed by atoms with Crippen LogP contribution in [-0.4, -0.2) is 23.6 Å². The van der Waals surface area contributed by atoms with Gasteiger partial charge >= 0.3 is 0 Å². The van der Waals surface area contributed by atoms with Crippen LogP contribution in [0.4, 0.5) is 11.6 Å². The summed E-state index contributed by atoms with van der Waals surface area (Å²) in [5.41, 5.74) is 1.17. The van der Waals surface area contributed by atoms with Gasteiger partial charge in [0, 0.05) is 19.2 Å². The maximum absolute atomic E-state index is 5.14. The zero-order chi connectivity index (χ0) is 14.2. The van der Waals surface area contributed by atoms with Gasteiger partial charge in [0.2, 0.25) is 0 Å². The molecule has 0 aliphatic carbocycles. The first-order valence-electron chi connectivity index (χ1n) is 6.74. The van der Waals surface area contributed by atoms with Gasteiger partial charge in [0.25, 0.3) is 0 Å². The van der Waals surface area contributed by atoms with Crippen molar-refractivity contribution in [3.63, 3.8) is 0 Å². The minimum Gasteiger partial charge on any atom is -0.497 e. The number of nitrogens with one attached hydrogen (secondary N) is 2. The minimum absolute atomic E-state index is 0.716. The average Bonchev–Trinajstić information content (AvgIpc) is 2.52.